The molecule has 0 saturated carbocycles. The molecule has 1 amide bonds. The van der Waals surface area contributed by atoms with Crippen LogP contribution in [-0.4, -0.2) is 48.6 Å². The van der Waals surface area contributed by atoms with Crippen molar-refractivity contribution < 1.29 is 9.53 Å². The van der Waals surface area contributed by atoms with Gasteiger partial charge >= 0.3 is 0 Å². The highest BCUT2D eigenvalue weighted by atomic mass is 16.5. The molecule has 34 heavy (non-hydrogen) atoms. The predicted octanol–water partition coefficient (Wildman–Crippen LogP) is 5.89. The van der Waals surface area contributed by atoms with Gasteiger partial charge in [-0.25, -0.2) is 0 Å². The summed E-state index contributed by atoms with van der Waals surface area (Å²) in [5.41, 5.74) is 4.62. The molecular formula is C29H41N3O2. The second-order valence-electron chi connectivity index (χ2n) is 9.07. The number of ether oxygens (including phenoxy) is 1. The van der Waals surface area contributed by atoms with Gasteiger partial charge in [-0.2, -0.15) is 0 Å². The average Bonchev–Trinajstić information content (AvgIpc) is 3.29. The van der Waals surface area contributed by atoms with E-state index in [1.165, 1.54) is 10.9 Å². The zero-order valence-electron chi connectivity index (χ0n) is 21.5. The van der Waals surface area contributed by atoms with Crippen LogP contribution in [0.25, 0.3) is 10.9 Å². The van der Waals surface area contributed by atoms with Gasteiger partial charge in [0.15, 0.2) is 0 Å². The van der Waals surface area contributed by atoms with E-state index in [9.17, 15) is 4.79 Å². The smallest absolute Gasteiger partial charge is 0.221 e. The maximum atomic E-state index is 13.2. The molecule has 0 aliphatic carbocycles. The SMILES string of the molecule is CCc1cccc2c([C@@H](CC(=O)N[C@H](C)CCCN(CC)CC)c3ccccc3OC)c[nH]c12. The number of carbonyl (C=O) groups is 1. The van der Waals surface area contributed by atoms with Gasteiger partial charge in [0, 0.05) is 41.0 Å². The van der Waals surface area contributed by atoms with Crippen molar-refractivity contribution in [3.8, 4) is 5.75 Å². The molecule has 3 aromatic rings. The van der Waals surface area contributed by atoms with Gasteiger partial charge in [0.05, 0.1) is 7.11 Å². The van der Waals surface area contributed by atoms with E-state index >= 15 is 0 Å². The molecule has 0 spiro atoms. The lowest BCUT2D eigenvalue weighted by atomic mass is 9.87. The quantitative estimate of drug-likeness (QED) is 0.332. The van der Waals surface area contributed by atoms with E-state index < -0.39 is 0 Å². The summed E-state index contributed by atoms with van der Waals surface area (Å²) in [5.74, 6) is 0.792. The highest BCUT2D eigenvalue weighted by Crippen LogP contribution is 2.38. The van der Waals surface area contributed by atoms with E-state index in [1.807, 2.05) is 18.2 Å². The minimum atomic E-state index is -0.0973. The number of nitrogens with one attached hydrogen (secondary N) is 2. The maximum absolute atomic E-state index is 13.2. The number of nitrogens with zero attached hydrogens (tertiary/aromatic N) is 1. The van der Waals surface area contributed by atoms with Crippen molar-refractivity contribution in [3.63, 3.8) is 0 Å². The van der Waals surface area contributed by atoms with Crippen LogP contribution in [0.2, 0.25) is 0 Å². The number of aryl methyl sites for hydroxylation is 1. The molecule has 184 valence electrons. The molecule has 2 N–H and O–H groups in total. The summed E-state index contributed by atoms with van der Waals surface area (Å²) in [4.78, 5) is 19.1. The number of methoxy groups -OCH3 is 1. The number of rotatable bonds is 13. The van der Waals surface area contributed by atoms with E-state index in [0.29, 0.717) is 6.42 Å². The second-order valence-corrected chi connectivity index (χ2v) is 9.07. The summed E-state index contributed by atoms with van der Waals surface area (Å²) in [6, 6.07) is 14.6. The number of amides is 1. The van der Waals surface area contributed by atoms with Crippen LogP contribution in [0.1, 0.15) is 69.6 Å². The molecule has 0 bridgehead atoms. The number of aromatic nitrogens is 1. The van der Waals surface area contributed by atoms with Crippen molar-refractivity contribution >= 4 is 16.8 Å². The Morgan fingerprint density at radius 2 is 1.82 bits per heavy atom. The summed E-state index contributed by atoms with van der Waals surface area (Å²) in [6.45, 7) is 11.9. The van der Waals surface area contributed by atoms with Crippen molar-refractivity contribution in [2.24, 2.45) is 0 Å². The summed E-state index contributed by atoms with van der Waals surface area (Å²) < 4.78 is 5.69. The van der Waals surface area contributed by atoms with E-state index in [0.717, 1.165) is 61.3 Å². The number of benzene rings is 2. The molecule has 0 fully saturated rings. The van der Waals surface area contributed by atoms with Gasteiger partial charge < -0.3 is 19.9 Å². The molecule has 0 aliphatic heterocycles. The fourth-order valence-electron chi connectivity index (χ4n) is 4.92. The van der Waals surface area contributed by atoms with Gasteiger partial charge in [-0.05, 0) is 63.0 Å². The molecule has 0 saturated heterocycles. The van der Waals surface area contributed by atoms with Crippen molar-refractivity contribution in [2.75, 3.05) is 26.7 Å². The van der Waals surface area contributed by atoms with Crippen molar-refractivity contribution in [3.05, 3.63) is 65.4 Å². The lowest BCUT2D eigenvalue weighted by molar-refractivity contribution is -0.121. The lowest BCUT2D eigenvalue weighted by Crippen LogP contribution is -2.34. The van der Waals surface area contributed by atoms with Crippen molar-refractivity contribution in [1.82, 2.24) is 15.2 Å². The number of fused-ring (bicyclic) bond motifs is 1. The van der Waals surface area contributed by atoms with Gasteiger partial charge in [0.1, 0.15) is 5.75 Å². The number of carbonyl (C=O) groups excluding carboxylic acids is 1. The number of para-hydroxylation sites is 2. The van der Waals surface area contributed by atoms with Crippen LogP contribution in [0, 0.1) is 0 Å². The lowest BCUT2D eigenvalue weighted by Gasteiger charge is -2.22. The van der Waals surface area contributed by atoms with Crippen LogP contribution in [0.5, 0.6) is 5.75 Å². The summed E-state index contributed by atoms with van der Waals surface area (Å²) in [6.07, 6.45) is 5.48. The van der Waals surface area contributed by atoms with Crippen LogP contribution in [0.15, 0.2) is 48.7 Å². The van der Waals surface area contributed by atoms with Crippen LogP contribution in [0.4, 0.5) is 0 Å². The fourth-order valence-corrected chi connectivity index (χ4v) is 4.92. The third kappa shape index (κ3) is 6.20. The topological polar surface area (TPSA) is 57.4 Å². The van der Waals surface area contributed by atoms with Gasteiger partial charge in [0.25, 0.3) is 0 Å². The van der Waals surface area contributed by atoms with E-state index in [4.69, 9.17) is 4.74 Å². The third-order valence-corrected chi connectivity index (χ3v) is 6.91. The first-order valence-electron chi connectivity index (χ1n) is 12.8. The van der Waals surface area contributed by atoms with Gasteiger partial charge in [0.2, 0.25) is 5.91 Å². The maximum Gasteiger partial charge on any atom is 0.221 e. The van der Waals surface area contributed by atoms with Gasteiger partial charge in [-0.15, -0.1) is 0 Å². The molecular weight excluding hydrogens is 422 g/mol. The molecule has 0 unspecified atom stereocenters. The van der Waals surface area contributed by atoms with E-state index in [2.05, 4.69) is 73.4 Å². The summed E-state index contributed by atoms with van der Waals surface area (Å²) in [5, 5.41) is 4.43. The Morgan fingerprint density at radius 1 is 1.06 bits per heavy atom. The molecule has 0 aliphatic rings. The van der Waals surface area contributed by atoms with Gasteiger partial charge in [-0.1, -0.05) is 57.2 Å². The van der Waals surface area contributed by atoms with E-state index in [1.54, 1.807) is 7.11 Å². The van der Waals surface area contributed by atoms with Crippen molar-refractivity contribution in [2.45, 2.75) is 65.3 Å². The van der Waals surface area contributed by atoms with Crippen LogP contribution >= 0.6 is 0 Å². The first-order valence-corrected chi connectivity index (χ1v) is 12.8. The Balaban J connectivity index is 1.81. The first kappa shape index (κ1) is 25.8. The Kier molecular flexibility index (Phi) is 9.58. The van der Waals surface area contributed by atoms with Gasteiger partial charge in [-0.3, -0.25) is 4.79 Å². The monoisotopic (exact) mass is 463 g/mol. The van der Waals surface area contributed by atoms with Crippen LogP contribution in [0.3, 0.4) is 0 Å². The van der Waals surface area contributed by atoms with Crippen LogP contribution < -0.4 is 10.1 Å². The Hall–Kier alpha value is -2.79. The Bertz CT molecular complexity index is 1050. The minimum absolute atomic E-state index is 0.0761. The molecule has 1 heterocycles. The highest BCUT2D eigenvalue weighted by Gasteiger charge is 2.25. The molecule has 2 aromatic carbocycles. The number of hydrogen-bond acceptors (Lipinski definition) is 3. The molecule has 0 radical (unpaired) electrons. The standard InChI is InChI=1S/C29H41N3O2/c1-6-22-14-11-16-24-26(20-30-29(22)24)25(23-15-9-10-17-27(23)34-5)19-28(33)31-21(4)13-12-18-32(7-2)8-3/h9-11,14-17,20-21,25,30H,6-8,12-13,18-19H2,1-5H3,(H,31,33)/t21-,25+/m1/s1. The molecule has 5 nitrogen and oxygen atoms in total. The van der Waals surface area contributed by atoms with Crippen LogP contribution in [-0.2, 0) is 11.2 Å². The highest BCUT2D eigenvalue weighted by molar-refractivity contribution is 5.88. The Labute approximate surface area is 204 Å². The number of aromatic amines is 1. The second kappa shape index (κ2) is 12.6. The average molecular weight is 464 g/mol. The van der Waals surface area contributed by atoms with Crippen molar-refractivity contribution in [1.29, 1.82) is 0 Å². The minimum Gasteiger partial charge on any atom is -0.496 e. The summed E-state index contributed by atoms with van der Waals surface area (Å²) >= 11 is 0. The molecule has 1 aromatic heterocycles. The molecule has 2 atom stereocenters. The number of H-pyrrole nitrogens is 1. The zero-order chi connectivity index (χ0) is 24.5. The van der Waals surface area contributed by atoms with E-state index in [-0.39, 0.29) is 17.9 Å². The number of hydrogen-bond donors (Lipinski definition) is 2. The normalized spacial score (nSPS) is 13.2. The Morgan fingerprint density at radius 3 is 2.53 bits per heavy atom. The predicted molar refractivity (Wildman–Crippen MR) is 142 cm³/mol. The summed E-state index contributed by atoms with van der Waals surface area (Å²) in [7, 11) is 1.69. The largest absolute Gasteiger partial charge is 0.496 e. The first-order chi connectivity index (χ1) is 16.5. The zero-order valence-corrected chi connectivity index (χ0v) is 21.5. The fraction of sp³-hybridized carbons (Fsp3) is 0.483. The molecule has 3 rings (SSSR count). The third-order valence-electron chi connectivity index (χ3n) is 6.91. The molecule has 5 heteroatoms.